The number of amides is 1. The number of aromatic nitrogens is 2. The van der Waals surface area contributed by atoms with Crippen LogP contribution in [0.2, 0.25) is 0 Å². The van der Waals surface area contributed by atoms with Gasteiger partial charge in [-0.2, -0.15) is 5.26 Å². The van der Waals surface area contributed by atoms with E-state index in [4.69, 9.17) is 5.26 Å². The lowest BCUT2D eigenvalue weighted by Crippen LogP contribution is -2.31. The number of nitriles is 1. The summed E-state index contributed by atoms with van der Waals surface area (Å²) in [7, 11) is 0. The van der Waals surface area contributed by atoms with E-state index in [-0.39, 0.29) is 5.91 Å². The molecular weight excluding hydrogens is 300 g/mol. The van der Waals surface area contributed by atoms with Crippen LogP contribution in [-0.4, -0.2) is 22.4 Å². The van der Waals surface area contributed by atoms with E-state index >= 15 is 0 Å². The number of aromatic amines is 1. The fourth-order valence-corrected chi connectivity index (χ4v) is 2.95. The van der Waals surface area contributed by atoms with Gasteiger partial charge in [0.15, 0.2) is 0 Å². The average Bonchev–Trinajstić information content (AvgIpc) is 3.08. The van der Waals surface area contributed by atoms with Crippen LogP contribution in [0.1, 0.15) is 21.6 Å². The number of H-pyrrole nitrogens is 1. The van der Waals surface area contributed by atoms with Gasteiger partial charge in [0.1, 0.15) is 0 Å². The zero-order valence-electron chi connectivity index (χ0n) is 12.8. The first-order valence-corrected chi connectivity index (χ1v) is 7.71. The Morgan fingerprint density at radius 3 is 2.88 bits per heavy atom. The average molecular weight is 314 g/mol. The maximum absolute atomic E-state index is 11.9. The van der Waals surface area contributed by atoms with E-state index < -0.39 is 0 Å². The van der Waals surface area contributed by atoms with Crippen molar-refractivity contribution in [1.29, 1.82) is 5.26 Å². The topological polar surface area (TPSA) is 81.6 Å². The van der Waals surface area contributed by atoms with Crippen LogP contribution in [0.25, 0.3) is 22.5 Å². The highest BCUT2D eigenvalue weighted by Gasteiger charge is 2.20. The Kier molecular flexibility index (Phi) is 3.36. The second-order valence-corrected chi connectivity index (χ2v) is 5.70. The largest absolute Gasteiger partial charge is 0.358 e. The summed E-state index contributed by atoms with van der Waals surface area (Å²) in [5.41, 5.74) is 5.83. The summed E-state index contributed by atoms with van der Waals surface area (Å²) >= 11 is 0. The molecule has 116 valence electrons. The molecule has 5 heteroatoms. The monoisotopic (exact) mass is 314 g/mol. The molecule has 0 fully saturated rings. The molecule has 1 aliphatic rings. The van der Waals surface area contributed by atoms with Crippen molar-refractivity contribution in [3.05, 3.63) is 65.5 Å². The van der Waals surface area contributed by atoms with Gasteiger partial charge >= 0.3 is 0 Å². The molecule has 0 saturated heterocycles. The summed E-state index contributed by atoms with van der Waals surface area (Å²) in [6, 6.07) is 15.3. The molecule has 0 atom stereocenters. The van der Waals surface area contributed by atoms with Crippen molar-refractivity contribution in [2.24, 2.45) is 0 Å². The highest BCUT2D eigenvalue weighted by atomic mass is 16.1. The van der Waals surface area contributed by atoms with Crippen molar-refractivity contribution in [3.8, 4) is 28.6 Å². The van der Waals surface area contributed by atoms with Crippen molar-refractivity contribution >= 4 is 5.91 Å². The fourth-order valence-electron chi connectivity index (χ4n) is 2.95. The molecular formula is C19H14N4O. The molecule has 0 unspecified atom stereocenters. The van der Waals surface area contributed by atoms with Gasteiger partial charge in [0.25, 0.3) is 5.91 Å². The van der Waals surface area contributed by atoms with Gasteiger partial charge in [0, 0.05) is 41.7 Å². The van der Waals surface area contributed by atoms with Crippen LogP contribution in [0.4, 0.5) is 0 Å². The van der Waals surface area contributed by atoms with Gasteiger partial charge in [0.2, 0.25) is 0 Å². The first kappa shape index (κ1) is 14.2. The molecule has 1 aliphatic heterocycles. The fraction of sp³-hybridized carbons (Fsp3) is 0.105. The minimum absolute atomic E-state index is 0.0326. The molecule has 2 N–H and O–H groups in total. The third-order valence-electron chi connectivity index (χ3n) is 4.16. The van der Waals surface area contributed by atoms with Crippen LogP contribution < -0.4 is 5.32 Å². The molecule has 1 amide bonds. The summed E-state index contributed by atoms with van der Waals surface area (Å²) in [6.45, 7) is 0.661. The highest BCUT2D eigenvalue weighted by molar-refractivity contribution is 5.97. The van der Waals surface area contributed by atoms with Gasteiger partial charge in [-0.1, -0.05) is 12.1 Å². The molecule has 1 aromatic carbocycles. The molecule has 0 saturated carbocycles. The Balaban J connectivity index is 1.75. The summed E-state index contributed by atoms with van der Waals surface area (Å²) < 4.78 is 0. The van der Waals surface area contributed by atoms with Crippen molar-refractivity contribution in [3.63, 3.8) is 0 Å². The second-order valence-electron chi connectivity index (χ2n) is 5.70. The molecule has 24 heavy (non-hydrogen) atoms. The summed E-state index contributed by atoms with van der Waals surface area (Å²) in [4.78, 5) is 19.7. The standard InChI is InChI=1S/C19H14N4O/c20-11-12-2-1-3-13(8-12)17-9-14(4-6-21-17)18-10-15-16(23-18)5-7-22-19(15)24/h1-4,6,8-10,23H,5,7H2,(H,22,24). The zero-order valence-corrected chi connectivity index (χ0v) is 12.8. The van der Waals surface area contributed by atoms with Crippen molar-refractivity contribution in [2.75, 3.05) is 6.54 Å². The van der Waals surface area contributed by atoms with Crippen molar-refractivity contribution < 1.29 is 4.79 Å². The van der Waals surface area contributed by atoms with E-state index in [1.807, 2.05) is 36.4 Å². The van der Waals surface area contributed by atoms with E-state index in [0.717, 1.165) is 34.6 Å². The molecule has 0 aliphatic carbocycles. The van der Waals surface area contributed by atoms with Gasteiger partial charge in [0.05, 0.1) is 22.9 Å². The van der Waals surface area contributed by atoms with Gasteiger partial charge in [-0.25, -0.2) is 0 Å². The number of nitrogens with zero attached hydrogens (tertiary/aromatic N) is 2. The Morgan fingerprint density at radius 2 is 2.04 bits per heavy atom. The number of rotatable bonds is 2. The van der Waals surface area contributed by atoms with Crippen LogP contribution >= 0.6 is 0 Å². The number of nitrogens with one attached hydrogen (secondary N) is 2. The Hall–Kier alpha value is -3.39. The van der Waals surface area contributed by atoms with Crippen LogP contribution in [0.5, 0.6) is 0 Å². The molecule has 0 spiro atoms. The van der Waals surface area contributed by atoms with E-state index in [2.05, 4.69) is 21.4 Å². The maximum Gasteiger partial charge on any atom is 0.253 e. The lowest BCUT2D eigenvalue weighted by atomic mass is 10.0. The normalized spacial score (nSPS) is 13.0. The predicted molar refractivity (Wildman–Crippen MR) is 90.2 cm³/mol. The molecule has 4 rings (SSSR count). The number of pyridine rings is 1. The Labute approximate surface area is 139 Å². The van der Waals surface area contributed by atoms with E-state index in [0.29, 0.717) is 17.7 Å². The van der Waals surface area contributed by atoms with Gasteiger partial charge in [-0.3, -0.25) is 9.78 Å². The lowest BCUT2D eigenvalue weighted by Gasteiger charge is -2.10. The van der Waals surface area contributed by atoms with Gasteiger partial charge in [-0.05, 0) is 30.3 Å². The number of hydrogen-bond acceptors (Lipinski definition) is 3. The summed E-state index contributed by atoms with van der Waals surface area (Å²) in [5.74, 6) is -0.0326. The predicted octanol–water partition coefficient (Wildman–Crippen LogP) is 2.90. The molecule has 2 aromatic heterocycles. The van der Waals surface area contributed by atoms with Gasteiger partial charge < -0.3 is 10.3 Å². The zero-order chi connectivity index (χ0) is 16.5. The van der Waals surface area contributed by atoms with Crippen LogP contribution in [0.15, 0.2) is 48.7 Å². The van der Waals surface area contributed by atoms with Crippen LogP contribution in [0.3, 0.4) is 0 Å². The Morgan fingerprint density at radius 1 is 1.12 bits per heavy atom. The minimum atomic E-state index is -0.0326. The summed E-state index contributed by atoms with van der Waals surface area (Å²) in [5, 5.41) is 11.9. The third kappa shape index (κ3) is 2.44. The molecule has 5 nitrogen and oxygen atoms in total. The van der Waals surface area contributed by atoms with Crippen molar-refractivity contribution in [2.45, 2.75) is 6.42 Å². The van der Waals surface area contributed by atoms with E-state index in [1.165, 1.54) is 0 Å². The number of carbonyl (C=O) groups excluding carboxylic acids is 1. The summed E-state index contributed by atoms with van der Waals surface area (Å²) in [6.07, 6.45) is 2.55. The number of fused-ring (bicyclic) bond motifs is 1. The first-order valence-electron chi connectivity index (χ1n) is 7.71. The first-order chi connectivity index (χ1) is 11.7. The molecule has 0 radical (unpaired) electrons. The molecule has 3 aromatic rings. The smallest absolute Gasteiger partial charge is 0.253 e. The third-order valence-corrected chi connectivity index (χ3v) is 4.16. The highest BCUT2D eigenvalue weighted by Crippen LogP contribution is 2.27. The van der Waals surface area contributed by atoms with Crippen LogP contribution in [-0.2, 0) is 6.42 Å². The SMILES string of the molecule is N#Cc1cccc(-c2cc(-c3cc4c([nH]3)CCNC4=O)ccn2)c1. The maximum atomic E-state index is 11.9. The number of hydrogen-bond donors (Lipinski definition) is 2. The Bertz CT molecular complexity index is 981. The van der Waals surface area contributed by atoms with Crippen molar-refractivity contribution in [1.82, 2.24) is 15.3 Å². The lowest BCUT2D eigenvalue weighted by molar-refractivity contribution is 0.0946. The van der Waals surface area contributed by atoms with Gasteiger partial charge in [-0.15, -0.1) is 0 Å². The number of benzene rings is 1. The second kappa shape index (κ2) is 5.67. The quantitative estimate of drug-likeness (QED) is 0.763. The molecule has 3 heterocycles. The van der Waals surface area contributed by atoms with E-state index in [9.17, 15) is 4.79 Å². The molecule has 0 bridgehead atoms. The van der Waals surface area contributed by atoms with Crippen LogP contribution in [0, 0.1) is 11.3 Å². The minimum Gasteiger partial charge on any atom is -0.358 e. The van der Waals surface area contributed by atoms with E-state index in [1.54, 1.807) is 12.3 Å². The number of carbonyl (C=O) groups is 1.